The summed E-state index contributed by atoms with van der Waals surface area (Å²) in [7, 11) is 3.17. The third-order valence-corrected chi connectivity index (χ3v) is 27.7. The molecule has 19 aromatic rings. The third-order valence-electron chi connectivity index (χ3n) is 25.6. The molecule has 0 spiro atoms. The van der Waals surface area contributed by atoms with Crippen LogP contribution in [0.25, 0.3) is 142 Å². The van der Waals surface area contributed by atoms with Gasteiger partial charge in [-0.05, 0) is 217 Å². The van der Waals surface area contributed by atoms with E-state index in [1.807, 2.05) is 217 Å². The van der Waals surface area contributed by atoms with Gasteiger partial charge in [-0.2, -0.15) is 0 Å². The Bertz CT molecular complexity index is 8040. The molecular formula is C108H106N16O12S2. The van der Waals surface area contributed by atoms with E-state index < -0.39 is 0 Å². The maximum Gasteiger partial charge on any atom is 0.193 e. The van der Waals surface area contributed by atoms with E-state index in [2.05, 4.69) is 106 Å². The summed E-state index contributed by atoms with van der Waals surface area (Å²) >= 11 is 3.07. The molecule has 0 radical (unpaired) electrons. The Balaban J connectivity index is 0.000000106. The fraction of sp³-hybridized carbons (Fsp3) is 0.269. The smallest absolute Gasteiger partial charge is 0.193 e. The lowest BCUT2D eigenvalue weighted by molar-refractivity contribution is 0.355. The van der Waals surface area contributed by atoms with Gasteiger partial charge in [-0.25, -0.2) is 19.9 Å². The first-order valence-corrected chi connectivity index (χ1v) is 48.4. The Hall–Kier alpha value is -14.6. The van der Waals surface area contributed by atoms with Gasteiger partial charge in [-0.15, -0.1) is 22.7 Å². The number of piperazine rings is 5. The number of pyridine rings is 2. The molecule has 0 saturated carbocycles. The van der Waals surface area contributed by atoms with Crippen molar-refractivity contribution in [2.45, 2.75) is 78.7 Å². The lowest BCUT2D eigenvalue weighted by Crippen LogP contribution is -2.54. The van der Waals surface area contributed by atoms with Crippen molar-refractivity contribution in [3.8, 4) is 67.3 Å². The van der Waals surface area contributed by atoms with Gasteiger partial charge in [0.2, 0.25) is 0 Å². The van der Waals surface area contributed by atoms with Gasteiger partial charge >= 0.3 is 0 Å². The molecule has 5 atom stereocenters. The largest absolute Gasteiger partial charge is 0.493 e. The molecule has 0 aliphatic carbocycles. The van der Waals surface area contributed by atoms with Crippen molar-refractivity contribution in [3.63, 3.8) is 0 Å². The van der Waals surface area contributed by atoms with E-state index in [0.717, 1.165) is 185 Å². The highest BCUT2D eigenvalue weighted by Crippen LogP contribution is 2.38. The van der Waals surface area contributed by atoms with E-state index in [1.54, 1.807) is 50.6 Å². The summed E-state index contributed by atoms with van der Waals surface area (Å²) in [5, 5.41) is 21.7. The summed E-state index contributed by atoms with van der Waals surface area (Å²) < 4.78 is 46.9. The first-order chi connectivity index (χ1) is 67.1. The Morgan fingerprint density at radius 3 is 1.08 bits per heavy atom. The number of imidazole rings is 2. The molecular weight excluding hydrogens is 1780 g/mol. The number of thiazole rings is 2. The van der Waals surface area contributed by atoms with Gasteiger partial charge in [0, 0.05) is 218 Å². The Kier molecular flexibility index (Phi) is 26.2. The second-order valence-corrected chi connectivity index (χ2v) is 38.1. The summed E-state index contributed by atoms with van der Waals surface area (Å²) in [6, 6.07) is 68.5. The number of hydrogen-bond donors (Lipinski definition) is 5. The Morgan fingerprint density at radius 2 is 0.688 bits per heavy atom. The summed E-state index contributed by atoms with van der Waals surface area (Å²) in [4.78, 5) is 93.9. The quantitative estimate of drug-likeness (QED) is 0.0759. The molecule has 138 heavy (non-hydrogen) atoms. The monoisotopic (exact) mass is 1880 g/mol. The van der Waals surface area contributed by atoms with Crippen LogP contribution in [-0.2, 0) is 0 Å². The molecule has 28 nitrogen and oxygen atoms in total. The first-order valence-electron chi connectivity index (χ1n) is 46.7. The fourth-order valence-electron chi connectivity index (χ4n) is 18.6. The molecule has 8 aromatic carbocycles. The number of ether oxygens (including phenoxy) is 2. The number of aryl methyl sites for hydroxylation is 2. The third kappa shape index (κ3) is 19.9. The van der Waals surface area contributed by atoms with Crippen LogP contribution in [0.15, 0.2) is 283 Å². The van der Waals surface area contributed by atoms with Gasteiger partial charge in [-0.1, -0.05) is 24.3 Å². The molecule has 5 fully saturated rings. The highest BCUT2D eigenvalue weighted by Gasteiger charge is 2.27. The minimum atomic E-state index is -0.0592. The minimum absolute atomic E-state index is 0.0301. The SMILES string of the molecule is COc1ccc(-c2cc(=O)c3cc(N4CCN[C@@H](C)C4)ccc3o2)cc1OC.C[C@@H]1CN(c2ccc3oc(-c4nc5ccccc5s4)cc(=O)c3c2)CCN1.Cc1ccn2cc(-c3cc(=O)c4cc(N5CCN[C@H](C)C5)ccc4o3)nc2c1.Cc1ccn2cc(-c3cc(=O)c4cc(N5C[C@@H](C)N[C@@H](C)C5)ccc4o3)nc2c1.O=c1cc(-c2nc3ccccc3s2)oc2ccc(N3CCNCC3)cc12. The standard InChI is InChI=1S/C23H24N4O2.C22H22N4O2.C22H24N2O4.C21H19N3O2S.C20H17N3O2S/c1-14-6-7-26-13-19(25-23(26)8-14)22-10-20(28)18-9-17(4-5-21(18)29-22)27-11-15(2)24-16(3)12-27;1-14-5-7-26-13-18(24-22(26)9-14)21-11-19(27)17-10-16(3-4-20(17)28-21)25-8-6-23-15(2)12-25;1-14-13-24(9-8-23-14)16-5-7-19-17(11-16)18(25)12-21(28-19)15-4-6-20(26-2)22(10-15)27-3;1-13-12-24(9-8-22-13)14-6-7-18-15(10-14)17(25)11-19(26-18)21-23-16-4-2-3-5-20(16)27-21;24-16-12-18(20-22-15-3-1-2-4-19(15)26-20)25-17-6-5-13(11-14(16)17)23-9-7-21-8-10-23/h4-10,13,15-16,24H,11-12H2,1-3H3;3-5,7,9-11,13,15,23H,6,8,12H2,1-2H3;4-7,10-12,14,23H,8-9,13H2,1-3H3;2-7,10-11,13,22H,8-9,12H2,1H3;1-6,11-12,21H,7-10H2/t15-,16+;15-;14-;13-;/m.101./s1. The van der Waals surface area contributed by atoms with Crippen LogP contribution in [0.2, 0.25) is 0 Å². The van der Waals surface area contributed by atoms with E-state index in [4.69, 9.17) is 31.6 Å². The van der Waals surface area contributed by atoms with Crippen LogP contribution in [0.1, 0.15) is 45.7 Å². The van der Waals surface area contributed by atoms with E-state index in [1.165, 1.54) is 28.7 Å². The van der Waals surface area contributed by atoms with Crippen molar-refractivity contribution in [3.05, 3.63) is 299 Å². The number of aromatic nitrogens is 6. The second kappa shape index (κ2) is 39.6. The van der Waals surface area contributed by atoms with Crippen molar-refractivity contribution >= 4 is 138 Å². The zero-order valence-corrected chi connectivity index (χ0v) is 79.8. The molecule has 702 valence electrons. The molecule has 5 aliphatic rings. The van der Waals surface area contributed by atoms with Crippen LogP contribution in [-0.4, -0.2) is 171 Å². The Morgan fingerprint density at radius 1 is 0.341 bits per heavy atom. The molecule has 5 N–H and O–H groups in total. The fourth-order valence-corrected chi connectivity index (χ4v) is 20.5. The number of methoxy groups -OCH3 is 2. The topological polar surface area (TPSA) is 306 Å². The lowest BCUT2D eigenvalue weighted by atomic mass is 10.1. The zero-order chi connectivity index (χ0) is 94.9. The van der Waals surface area contributed by atoms with Crippen molar-refractivity contribution in [1.82, 2.24) is 55.3 Å². The number of benzene rings is 8. The van der Waals surface area contributed by atoms with Gasteiger partial charge in [-0.3, -0.25) is 24.0 Å². The van der Waals surface area contributed by atoms with Crippen molar-refractivity contribution in [2.24, 2.45) is 0 Å². The summed E-state index contributed by atoms with van der Waals surface area (Å²) in [6.45, 7) is 29.0. The highest BCUT2D eigenvalue weighted by atomic mass is 32.1. The van der Waals surface area contributed by atoms with E-state index in [0.29, 0.717) is 137 Å². The van der Waals surface area contributed by atoms with Gasteiger partial charge in [0.1, 0.15) is 56.4 Å². The minimum Gasteiger partial charge on any atom is -0.493 e. The second-order valence-electron chi connectivity index (χ2n) is 36.0. The molecule has 24 rings (SSSR count). The van der Waals surface area contributed by atoms with Crippen LogP contribution < -0.4 is 87.7 Å². The summed E-state index contributed by atoms with van der Waals surface area (Å²) in [5.74, 6) is 3.75. The number of anilines is 5. The van der Waals surface area contributed by atoms with Gasteiger partial charge in [0.25, 0.3) is 0 Å². The molecule has 16 heterocycles. The number of para-hydroxylation sites is 2. The number of hydrogen-bond acceptors (Lipinski definition) is 28. The van der Waals surface area contributed by atoms with Crippen LogP contribution >= 0.6 is 22.7 Å². The molecule has 0 amide bonds. The molecule has 5 saturated heterocycles. The van der Waals surface area contributed by atoms with Crippen molar-refractivity contribution in [2.75, 3.05) is 137 Å². The van der Waals surface area contributed by atoms with Crippen LogP contribution in [0.5, 0.6) is 11.5 Å². The number of nitrogens with zero attached hydrogens (tertiary/aromatic N) is 11. The molecule has 0 unspecified atom stereocenters. The normalized spacial score (nSPS) is 17.5. The van der Waals surface area contributed by atoms with Crippen LogP contribution in [0.4, 0.5) is 28.4 Å². The maximum absolute atomic E-state index is 12.9. The van der Waals surface area contributed by atoms with Crippen LogP contribution in [0, 0.1) is 13.8 Å². The van der Waals surface area contributed by atoms with Crippen LogP contribution in [0.3, 0.4) is 0 Å². The van der Waals surface area contributed by atoms with E-state index >= 15 is 0 Å². The molecule has 5 aliphatic heterocycles. The van der Waals surface area contributed by atoms with E-state index in [-0.39, 0.29) is 27.1 Å². The maximum atomic E-state index is 12.9. The van der Waals surface area contributed by atoms with Crippen molar-refractivity contribution < 1.29 is 31.6 Å². The average Bonchev–Trinajstić information content (AvgIpc) is 1.56. The molecule has 0 bridgehead atoms. The number of nitrogens with one attached hydrogen (secondary N) is 5. The van der Waals surface area contributed by atoms with Gasteiger partial charge < -0.3 is 91.4 Å². The van der Waals surface area contributed by atoms with Gasteiger partial charge in [0.15, 0.2) is 71.7 Å². The Labute approximate surface area is 801 Å². The molecule has 30 heteroatoms. The first kappa shape index (κ1) is 91.1. The predicted molar refractivity (Wildman–Crippen MR) is 554 cm³/mol. The predicted octanol–water partition coefficient (Wildman–Crippen LogP) is 17.4. The highest BCUT2D eigenvalue weighted by molar-refractivity contribution is 7.22. The molecule has 11 aromatic heterocycles. The van der Waals surface area contributed by atoms with E-state index in [9.17, 15) is 24.0 Å². The number of fused-ring (bicyclic) bond motifs is 9. The number of rotatable bonds is 12. The average molecular weight is 1880 g/mol. The lowest BCUT2D eigenvalue weighted by Gasteiger charge is -2.37. The summed E-state index contributed by atoms with van der Waals surface area (Å²) in [5.41, 5.74) is 15.9. The van der Waals surface area contributed by atoms with Crippen molar-refractivity contribution in [1.29, 1.82) is 0 Å². The summed E-state index contributed by atoms with van der Waals surface area (Å²) in [6.07, 6.45) is 7.69. The zero-order valence-electron chi connectivity index (χ0n) is 78.1. The van der Waals surface area contributed by atoms with Gasteiger partial charge in [0.05, 0.1) is 61.6 Å².